The van der Waals surface area contributed by atoms with Gasteiger partial charge in [0.05, 0.1) is 24.6 Å². The summed E-state index contributed by atoms with van der Waals surface area (Å²) in [5.74, 6) is 0.0617. The molecular weight excluding hydrogens is 502 g/mol. The molecule has 1 fully saturated rings. The number of fused-ring (bicyclic) bond motifs is 1. The Morgan fingerprint density at radius 1 is 1.03 bits per heavy atom. The highest BCUT2D eigenvalue weighted by Crippen LogP contribution is 2.46. The summed E-state index contributed by atoms with van der Waals surface area (Å²) in [5.41, 5.74) is 1.65. The van der Waals surface area contributed by atoms with Gasteiger partial charge in [-0.2, -0.15) is 0 Å². The normalized spacial score (nSPS) is 19.9. The molecule has 2 amide bonds. The predicted molar refractivity (Wildman–Crippen MR) is 148 cm³/mol. The lowest BCUT2D eigenvalue weighted by Crippen LogP contribution is -2.46. The first-order chi connectivity index (χ1) is 18.4. The van der Waals surface area contributed by atoms with Crippen LogP contribution < -0.4 is 9.64 Å². The van der Waals surface area contributed by atoms with Gasteiger partial charge in [0.1, 0.15) is 5.75 Å². The maximum absolute atomic E-state index is 14.0. The fraction of sp³-hybridized carbons (Fsp3) is 0.483. The van der Waals surface area contributed by atoms with Crippen LogP contribution in [-0.2, 0) is 19.1 Å². The lowest BCUT2D eigenvalue weighted by molar-refractivity contribution is -0.152. The Morgan fingerprint density at radius 3 is 2.37 bits per heavy atom. The number of hydrogen-bond acceptors (Lipinski definition) is 7. The number of carbonyl (C=O) groups is 3. The minimum absolute atomic E-state index is 0.130. The lowest BCUT2D eigenvalue weighted by atomic mass is 10.1. The summed E-state index contributed by atoms with van der Waals surface area (Å²) in [7, 11) is 3.51. The number of para-hydroxylation sites is 1. The number of likely N-dealkylation sites (tertiary alicyclic amines) is 1. The van der Waals surface area contributed by atoms with Crippen LogP contribution in [0.25, 0.3) is 0 Å². The predicted octanol–water partition coefficient (Wildman–Crippen LogP) is 4.14. The molecule has 1 saturated heterocycles. The topological polar surface area (TPSA) is 79.4 Å². The van der Waals surface area contributed by atoms with Gasteiger partial charge in [-0.1, -0.05) is 37.1 Å². The second-order valence-corrected chi connectivity index (χ2v) is 11.0. The van der Waals surface area contributed by atoms with E-state index in [-0.39, 0.29) is 11.8 Å². The molecule has 0 radical (unpaired) electrons. The molecule has 0 saturated carbocycles. The van der Waals surface area contributed by atoms with Crippen LogP contribution in [0.3, 0.4) is 0 Å². The zero-order valence-electron chi connectivity index (χ0n) is 22.4. The molecule has 9 heteroatoms. The Morgan fingerprint density at radius 2 is 1.71 bits per heavy atom. The highest BCUT2D eigenvalue weighted by molar-refractivity contribution is 7.99. The Labute approximate surface area is 229 Å². The first-order valence-electron chi connectivity index (χ1n) is 13.2. The molecule has 8 nitrogen and oxygen atoms in total. The van der Waals surface area contributed by atoms with Gasteiger partial charge in [0.25, 0.3) is 5.91 Å². The number of amides is 2. The molecule has 0 bridgehead atoms. The second kappa shape index (κ2) is 13.2. The number of benzene rings is 2. The monoisotopic (exact) mass is 539 g/mol. The van der Waals surface area contributed by atoms with E-state index in [4.69, 9.17) is 9.47 Å². The van der Waals surface area contributed by atoms with E-state index in [1.54, 1.807) is 12.0 Å². The van der Waals surface area contributed by atoms with Crippen molar-refractivity contribution in [3.63, 3.8) is 0 Å². The summed E-state index contributed by atoms with van der Waals surface area (Å²) in [5, 5.41) is -0.425. The van der Waals surface area contributed by atoms with Crippen LogP contribution in [0, 0.1) is 0 Å². The number of hydrogen-bond donors (Lipinski definition) is 0. The fourth-order valence-corrected chi connectivity index (χ4v) is 6.26. The van der Waals surface area contributed by atoms with E-state index in [1.807, 2.05) is 65.4 Å². The van der Waals surface area contributed by atoms with E-state index < -0.39 is 17.3 Å². The minimum atomic E-state index is -0.998. The third kappa shape index (κ3) is 6.88. The highest BCUT2D eigenvalue weighted by atomic mass is 32.2. The van der Waals surface area contributed by atoms with Crippen LogP contribution in [0.4, 0.5) is 5.69 Å². The third-order valence-corrected chi connectivity index (χ3v) is 8.37. The third-order valence-electron chi connectivity index (χ3n) is 7.00. The molecule has 2 heterocycles. The summed E-state index contributed by atoms with van der Waals surface area (Å²) in [6.07, 6.45) is 3.46. The number of nitrogens with zero attached hydrogens (tertiary/aromatic N) is 3. The molecule has 2 aliphatic heterocycles. The van der Waals surface area contributed by atoms with E-state index in [0.29, 0.717) is 25.4 Å². The average molecular weight is 540 g/mol. The van der Waals surface area contributed by atoms with E-state index in [1.165, 1.54) is 31.5 Å². The summed E-state index contributed by atoms with van der Waals surface area (Å²) in [4.78, 5) is 45.5. The van der Waals surface area contributed by atoms with Crippen molar-refractivity contribution in [1.82, 2.24) is 9.80 Å². The summed E-state index contributed by atoms with van der Waals surface area (Å²) >= 11 is 1.51. The van der Waals surface area contributed by atoms with Gasteiger partial charge in [-0.15, -0.1) is 11.8 Å². The standard InChI is InChI=1S/C29H37N3O5S/c1-21(33)37-27-28(22-12-14-23(36-3)15-13-22)38-25-11-7-6-10-24(25)32(29(27)35)19-18-30(2)20-26(34)31-16-8-4-5-9-17-31/h6-7,10-15,27-28H,4-5,8-9,16-20H2,1-3H3. The van der Waals surface area contributed by atoms with Crippen molar-refractivity contribution in [2.24, 2.45) is 0 Å². The number of thioether (sulfide) groups is 1. The number of ether oxygens (including phenoxy) is 2. The Hall–Kier alpha value is -3.04. The lowest BCUT2D eigenvalue weighted by Gasteiger charge is -2.29. The van der Waals surface area contributed by atoms with Gasteiger partial charge >= 0.3 is 5.97 Å². The molecule has 204 valence electrons. The molecule has 38 heavy (non-hydrogen) atoms. The van der Waals surface area contributed by atoms with E-state index in [0.717, 1.165) is 42.1 Å². The zero-order valence-corrected chi connectivity index (χ0v) is 23.2. The molecule has 0 aliphatic carbocycles. The molecule has 2 unspecified atom stereocenters. The Balaban J connectivity index is 1.54. The van der Waals surface area contributed by atoms with Crippen LogP contribution in [0.2, 0.25) is 0 Å². The second-order valence-electron chi connectivity index (χ2n) is 9.83. The zero-order chi connectivity index (χ0) is 27.1. The van der Waals surface area contributed by atoms with Crippen molar-refractivity contribution in [2.45, 2.75) is 48.9 Å². The fourth-order valence-electron chi connectivity index (χ4n) is 4.94. The van der Waals surface area contributed by atoms with Crippen LogP contribution in [0.15, 0.2) is 53.4 Å². The number of carbonyl (C=O) groups excluding carboxylic acids is 3. The molecule has 2 aromatic carbocycles. The van der Waals surface area contributed by atoms with Crippen molar-refractivity contribution in [2.75, 3.05) is 51.8 Å². The van der Waals surface area contributed by atoms with Crippen molar-refractivity contribution in [3.8, 4) is 5.75 Å². The maximum Gasteiger partial charge on any atom is 0.303 e. The van der Waals surface area contributed by atoms with Crippen LogP contribution >= 0.6 is 11.8 Å². The Bertz CT molecular complexity index is 1120. The summed E-state index contributed by atoms with van der Waals surface area (Å²) in [6.45, 7) is 4.14. The van der Waals surface area contributed by atoms with Crippen molar-refractivity contribution in [1.29, 1.82) is 0 Å². The molecule has 0 aromatic heterocycles. The van der Waals surface area contributed by atoms with Crippen molar-refractivity contribution >= 4 is 35.2 Å². The minimum Gasteiger partial charge on any atom is -0.497 e. The van der Waals surface area contributed by atoms with Gasteiger partial charge in [0.2, 0.25) is 5.91 Å². The summed E-state index contributed by atoms with van der Waals surface area (Å²) < 4.78 is 11.0. The number of anilines is 1. The van der Waals surface area contributed by atoms with Gasteiger partial charge < -0.3 is 19.3 Å². The largest absolute Gasteiger partial charge is 0.497 e. The summed E-state index contributed by atoms with van der Waals surface area (Å²) in [6, 6.07) is 15.2. The Kier molecular flexibility index (Phi) is 9.69. The molecule has 2 atom stereocenters. The molecule has 2 aliphatic rings. The van der Waals surface area contributed by atoms with E-state index in [9.17, 15) is 14.4 Å². The number of rotatable bonds is 8. The SMILES string of the molecule is COc1ccc(C2Sc3ccccc3N(CCN(C)CC(=O)N3CCCCCC3)C(=O)C2OC(C)=O)cc1. The first-order valence-corrected chi connectivity index (χ1v) is 14.1. The van der Waals surface area contributed by atoms with Gasteiger partial charge in [0, 0.05) is 38.0 Å². The number of likely N-dealkylation sites (N-methyl/N-ethyl adjacent to an activating group) is 1. The van der Waals surface area contributed by atoms with Gasteiger partial charge in [-0.3, -0.25) is 19.3 Å². The average Bonchev–Trinajstić information content (AvgIpc) is 3.26. The molecule has 4 rings (SSSR count). The van der Waals surface area contributed by atoms with Crippen molar-refractivity contribution in [3.05, 3.63) is 54.1 Å². The van der Waals surface area contributed by atoms with Crippen LogP contribution in [0.1, 0.15) is 43.4 Å². The van der Waals surface area contributed by atoms with Crippen LogP contribution in [0.5, 0.6) is 5.75 Å². The number of esters is 1. The molecule has 2 aromatic rings. The van der Waals surface area contributed by atoms with E-state index in [2.05, 4.69) is 0 Å². The van der Waals surface area contributed by atoms with Gasteiger partial charge in [-0.05, 0) is 49.7 Å². The van der Waals surface area contributed by atoms with Crippen molar-refractivity contribution < 1.29 is 23.9 Å². The quantitative estimate of drug-likeness (QED) is 0.467. The van der Waals surface area contributed by atoms with E-state index >= 15 is 0 Å². The first kappa shape index (κ1) is 28.0. The maximum atomic E-state index is 14.0. The molecule has 0 N–H and O–H groups in total. The van der Waals surface area contributed by atoms with Gasteiger partial charge in [0.15, 0.2) is 6.10 Å². The highest BCUT2D eigenvalue weighted by Gasteiger charge is 2.40. The number of methoxy groups -OCH3 is 1. The molecule has 0 spiro atoms. The smallest absolute Gasteiger partial charge is 0.303 e. The van der Waals surface area contributed by atoms with Gasteiger partial charge in [-0.25, -0.2) is 0 Å². The molecular formula is C29H37N3O5S. The van der Waals surface area contributed by atoms with Crippen LogP contribution in [-0.4, -0.2) is 80.6 Å².